The van der Waals surface area contributed by atoms with Gasteiger partial charge in [0.2, 0.25) is 5.91 Å². The van der Waals surface area contributed by atoms with E-state index in [1.165, 1.54) is 46.8 Å². The maximum atomic E-state index is 13.0. The van der Waals surface area contributed by atoms with Crippen LogP contribution in [0, 0.1) is 5.92 Å². The third-order valence-electron chi connectivity index (χ3n) is 2.92. The second kappa shape index (κ2) is 7.31. The van der Waals surface area contributed by atoms with E-state index >= 15 is 0 Å². The van der Waals surface area contributed by atoms with E-state index in [9.17, 15) is 18.0 Å². The summed E-state index contributed by atoms with van der Waals surface area (Å²) in [6, 6.07) is 4.92. The van der Waals surface area contributed by atoms with Gasteiger partial charge in [-0.2, -0.15) is 13.2 Å². The van der Waals surface area contributed by atoms with Gasteiger partial charge in [-0.1, -0.05) is 49.1 Å². The number of hydrogen-bond donors (Lipinski definition) is 1. The summed E-state index contributed by atoms with van der Waals surface area (Å²) in [5, 5.41) is 9.37. The predicted molar refractivity (Wildman–Crippen MR) is 84.5 cm³/mol. The lowest BCUT2D eigenvalue weighted by atomic mass is 10.1. The summed E-state index contributed by atoms with van der Waals surface area (Å²) in [5.74, 6) is -0.571. The third-order valence-corrected chi connectivity index (χ3v) is 5.28. The molecule has 2 aromatic rings. The number of halogens is 3. The van der Waals surface area contributed by atoms with E-state index < -0.39 is 22.9 Å². The lowest BCUT2D eigenvalue weighted by Crippen LogP contribution is -2.30. The van der Waals surface area contributed by atoms with Crippen LogP contribution < -0.4 is 5.32 Å². The molecule has 1 aromatic carbocycles. The van der Waals surface area contributed by atoms with Gasteiger partial charge in [-0.25, -0.2) is 0 Å². The molecule has 1 N–H and O–H groups in total. The van der Waals surface area contributed by atoms with Gasteiger partial charge in [-0.05, 0) is 18.1 Å². The van der Waals surface area contributed by atoms with Gasteiger partial charge in [0.1, 0.15) is 5.51 Å². The Kier molecular flexibility index (Phi) is 5.64. The number of amides is 1. The topological polar surface area (TPSA) is 54.9 Å². The van der Waals surface area contributed by atoms with E-state index in [-0.39, 0.29) is 11.6 Å². The molecule has 0 saturated heterocycles. The third kappa shape index (κ3) is 4.68. The molecule has 0 aliphatic heterocycles. The highest BCUT2D eigenvalue weighted by atomic mass is 32.2. The number of hydrogen-bond acceptors (Lipinski definition) is 5. The monoisotopic (exact) mass is 361 g/mol. The molecule has 0 unspecified atom stereocenters. The van der Waals surface area contributed by atoms with Crippen molar-refractivity contribution in [3.05, 3.63) is 35.3 Å². The number of anilines is 1. The number of rotatable bonds is 5. The van der Waals surface area contributed by atoms with Gasteiger partial charge < -0.3 is 5.32 Å². The number of carbonyl (C=O) groups is 1. The summed E-state index contributed by atoms with van der Waals surface area (Å²) in [6.45, 7) is 3.65. The zero-order valence-electron chi connectivity index (χ0n) is 12.3. The molecular weight excluding hydrogens is 347 g/mol. The zero-order valence-corrected chi connectivity index (χ0v) is 13.9. The molecule has 0 fully saturated rings. The van der Waals surface area contributed by atoms with Crippen molar-refractivity contribution < 1.29 is 18.0 Å². The summed E-state index contributed by atoms with van der Waals surface area (Å²) >= 11 is 2.48. The normalized spacial score (nSPS) is 13.1. The van der Waals surface area contributed by atoms with Crippen LogP contribution in [0.1, 0.15) is 19.4 Å². The van der Waals surface area contributed by atoms with Crippen molar-refractivity contribution in [2.45, 2.75) is 29.6 Å². The van der Waals surface area contributed by atoms with Gasteiger partial charge in [0.15, 0.2) is 4.34 Å². The van der Waals surface area contributed by atoms with Crippen molar-refractivity contribution in [2.75, 3.05) is 5.32 Å². The van der Waals surface area contributed by atoms with Crippen LogP contribution in [0.5, 0.6) is 0 Å². The van der Waals surface area contributed by atoms with Gasteiger partial charge in [0.25, 0.3) is 0 Å². The summed E-state index contributed by atoms with van der Waals surface area (Å²) in [7, 11) is 0. The molecule has 0 radical (unpaired) electrons. The molecular formula is C14H14F3N3OS2. The number of para-hydroxylation sites is 1. The molecule has 0 aliphatic rings. The van der Waals surface area contributed by atoms with Crippen molar-refractivity contribution in [1.29, 1.82) is 0 Å². The minimum atomic E-state index is -4.52. The van der Waals surface area contributed by atoms with E-state index in [1.807, 2.05) is 13.8 Å². The van der Waals surface area contributed by atoms with Crippen LogP contribution in [0.4, 0.5) is 18.9 Å². The molecule has 0 aliphatic carbocycles. The molecule has 2 rings (SSSR count). The molecule has 0 bridgehead atoms. The Morgan fingerprint density at radius 1 is 1.30 bits per heavy atom. The molecule has 1 heterocycles. The fourth-order valence-corrected chi connectivity index (χ4v) is 3.55. The number of alkyl halides is 3. The van der Waals surface area contributed by atoms with Crippen molar-refractivity contribution in [2.24, 2.45) is 5.92 Å². The molecule has 4 nitrogen and oxygen atoms in total. The number of aromatic nitrogens is 2. The van der Waals surface area contributed by atoms with Gasteiger partial charge >= 0.3 is 6.18 Å². The Bertz CT molecular complexity index is 660. The van der Waals surface area contributed by atoms with E-state index in [0.29, 0.717) is 4.34 Å². The van der Waals surface area contributed by atoms with Crippen molar-refractivity contribution in [1.82, 2.24) is 10.2 Å². The Labute approximate surface area is 139 Å². The summed E-state index contributed by atoms with van der Waals surface area (Å²) in [4.78, 5) is 12.4. The fraction of sp³-hybridized carbons (Fsp3) is 0.357. The van der Waals surface area contributed by atoms with Crippen LogP contribution in [0.15, 0.2) is 34.1 Å². The molecule has 0 spiro atoms. The minimum absolute atomic E-state index is 0.0815. The van der Waals surface area contributed by atoms with Crippen LogP contribution in [0.3, 0.4) is 0 Å². The first kappa shape index (κ1) is 17.7. The molecule has 23 heavy (non-hydrogen) atoms. The first-order valence-corrected chi connectivity index (χ1v) is 8.45. The van der Waals surface area contributed by atoms with E-state index in [2.05, 4.69) is 15.5 Å². The van der Waals surface area contributed by atoms with Gasteiger partial charge in [0.05, 0.1) is 16.5 Å². The summed E-state index contributed by atoms with van der Waals surface area (Å²) in [5.41, 5.74) is 0.432. The van der Waals surface area contributed by atoms with Crippen molar-refractivity contribution >= 4 is 34.7 Å². The fourth-order valence-electron chi connectivity index (χ4n) is 1.86. The first-order chi connectivity index (χ1) is 10.8. The van der Waals surface area contributed by atoms with Gasteiger partial charge in [0, 0.05) is 0 Å². The van der Waals surface area contributed by atoms with Gasteiger partial charge in [-0.3, -0.25) is 4.79 Å². The Morgan fingerprint density at radius 3 is 2.57 bits per heavy atom. The Morgan fingerprint density at radius 2 is 2.00 bits per heavy atom. The first-order valence-electron chi connectivity index (χ1n) is 6.69. The SMILES string of the molecule is CC(C)[C@H](Sc1nncs1)C(=O)Nc1ccccc1C(F)(F)F. The van der Waals surface area contributed by atoms with Crippen LogP contribution in [0.2, 0.25) is 0 Å². The van der Waals surface area contributed by atoms with E-state index in [1.54, 1.807) is 0 Å². The van der Waals surface area contributed by atoms with E-state index in [0.717, 1.165) is 6.07 Å². The van der Waals surface area contributed by atoms with Crippen LogP contribution in [-0.4, -0.2) is 21.4 Å². The number of nitrogens with one attached hydrogen (secondary N) is 1. The highest BCUT2D eigenvalue weighted by Gasteiger charge is 2.34. The molecule has 124 valence electrons. The quantitative estimate of drug-likeness (QED) is 0.806. The highest BCUT2D eigenvalue weighted by molar-refractivity contribution is 8.02. The standard InChI is InChI=1S/C14H14F3N3OS2/c1-8(2)11(23-13-20-18-7-22-13)12(21)19-10-6-4-3-5-9(10)14(15,16)17/h3-8,11H,1-2H3,(H,19,21)/t11-/m0/s1. The minimum Gasteiger partial charge on any atom is -0.325 e. The van der Waals surface area contributed by atoms with Crippen molar-refractivity contribution in [3.63, 3.8) is 0 Å². The number of benzene rings is 1. The molecule has 9 heteroatoms. The largest absolute Gasteiger partial charge is 0.418 e. The highest BCUT2D eigenvalue weighted by Crippen LogP contribution is 2.36. The maximum Gasteiger partial charge on any atom is 0.418 e. The average Bonchev–Trinajstić information content (AvgIpc) is 2.96. The lowest BCUT2D eigenvalue weighted by Gasteiger charge is -2.20. The Hall–Kier alpha value is -1.61. The summed E-state index contributed by atoms with van der Waals surface area (Å²) < 4.78 is 39.6. The smallest absolute Gasteiger partial charge is 0.325 e. The lowest BCUT2D eigenvalue weighted by molar-refractivity contribution is -0.137. The molecule has 1 atom stereocenters. The molecule has 0 saturated carbocycles. The molecule has 1 amide bonds. The average molecular weight is 361 g/mol. The number of thioether (sulfide) groups is 1. The van der Waals surface area contributed by atoms with Crippen LogP contribution >= 0.6 is 23.1 Å². The second-order valence-corrected chi connectivity index (χ2v) is 7.24. The van der Waals surface area contributed by atoms with Crippen LogP contribution in [0.25, 0.3) is 0 Å². The second-order valence-electron chi connectivity index (χ2n) is 5.02. The molecule has 1 aromatic heterocycles. The predicted octanol–water partition coefficient (Wildman–Crippen LogP) is 4.31. The van der Waals surface area contributed by atoms with Gasteiger partial charge in [-0.15, -0.1) is 10.2 Å². The van der Waals surface area contributed by atoms with E-state index in [4.69, 9.17) is 0 Å². The van der Waals surface area contributed by atoms with Crippen molar-refractivity contribution in [3.8, 4) is 0 Å². The number of nitrogens with zero attached hydrogens (tertiary/aromatic N) is 2. The summed E-state index contributed by atoms with van der Waals surface area (Å²) in [6.07, 6.45) is -4.52. The Balaban J connectivity index is 2.19. The van der Waals surface area contributed by atoms with Crippen LogP contribution in [-0.2, 0) is 11.0 Å². The maximum absolute atomic E-state index is 13.0. The zero-order chi connectivity index (χ0) is 17.0. The number of carbonyl (C=O) groups excluding carboxylic acids is 1.